The van der Waals surface area contributed by atoms with E-state index < -0.39 is 86.6 Å². The lowest BCUT2D eigenvalue weighted by Crippen LogP contribution is -2.59. The largest absolute Gasteiger partial charge is 0.496 e. The zero-order valence-corrected chi connectivity index (χ0v) is 29.9. The van der Waals surface area contributed by atoms with Crippen LogP contribution < -0.4 is 24.8 Å². The van der Waals surface area contributed by atoms with Crippen LogP contribution in [-0.2, 0) is 24.4 Å². The van der Waals surface area contributed by atoms with Crippen LogP contribution in [0.2, 0.25) is 0 Å². The molecule has 2 saturated carbocycles. The number of alkyl halides is 1. The van der Waals surface area contributed by atoms with Crippen molar-refractivity contribution in [2.75, 3.05) is 20.3 Å². The second-order valence-electron chi connectivity index (χ2n) is 14.6. The molecule has 14 nitrogen and oxygen atoms in total. The van der Waals surface area contributed by atoms with Crippen LogP contribution in [0.3, 0.4) is 0 Å². The van der Waals surface area contributed by atoms with Crippen LogP contribution in [0.25, 0.3) is 10.8 Å². The van der Waals surface area contributed by atoms with Crippen LogP contribution in [-0.4, -0.2) is 96.0 Å². The Morgan fingerprint density at radius 2 is 1.92 bits per heavy atom. The lowest BCUT2D eigenvalue weighted by atomic mass is 9.88. The van der Waals surface area contributed by atoms with Gasteiger partial charge in [0, 0.05) is 30.0 Å². The standard InChI is InChI=1S/C35H43F2N5O9S/c1-19-6-4-5-7-21-16-35(21,32(45)41-52(48,49)34(18-36)9-10-34)40-29(43)26-15-23(17-42(26)31(44)28(20(2)12-19)39-33(46)47)51-30-25-13-22(37)14-27(50-3)24(25)8-11-38-30/h5,7-8,11,13-14,19-21,23,26,28,39H,4,6,9-10,12,15-18H2,1-3H3,(H,40,43)(H,41,45)(H,46,47)/b7-5-/t19-,20-,21-,23-,26+,28+,35-/m1/s1. The molecule has 2 aliphatic carbocycles. The van der Waals surface area contributed by atoms with Crippen molar-refractivity contribution in [1.82, 2.24) is 25.2 Å². The van der Waals surface area contributed by atoms with E-state index in [9.17, 15) is 41.5 Å². The predicted octanol–water partition coefficient (Wildman–Crippen LogP) is 3.20. The first-order valence-electron chi connectivity index (χ1n) is 17.3. The molecule has 17 heteroatoms. The van der Waals surface area contributed by atoms with Gasteiger partial charge in [0.1, 0.15) is 46.7 Å². The smallest absolute Gasteiger partial charge is 0.405 e. The van der Waals surface area contributed by atoms with E-state index in [1.807, 2.05) is 17.7 Å². The minimum absolute atomic E-state index is 0.00798. The summed E-state index contributed by atoms with van der Waals surface area (Å²) in [5.41, 5.74) is -1.70. The van der Waals surface area contributed by atoms with E-state index in [1.165, 1.54) is 30.3 Å². The Morgan fingerprint density at radius 3 is 2.60 bits per heavy atom. The van der Waals surface area contributed by atoms with Crippen LogP contribution in [0.5, 0.6) is 11.6 Å². The number of benzene rings is 1. The van der Waals surface area contributed by atoms with Crippen molar-refractivity contribution >= 4 is 44.6 Å². The first kappa shape index (κ1) is 37.2. The molecule has 3 fully saturated rings. The number of carboxylic acid groups (broad SMARTS) is 1. The molecule has 4 amide bonds. The second kappa shape index (κ2) is 14.1. The summed E-state index contributed by atoms with van der Waals surface area (Å²) in [5, 5.41) is 15.6. The summed E-state index contributed by atoms with van der Waals surface area (Å²) >= 11 is 0. The van der Waals surface area contributed by atoms with E-state index in [0.29, 0.717) is 24.6 Å². The van der Waals surface area contributed by atoms with Crippen molar-refractivity contribution in [3.8, 4) is 11.6 Å². The lowest BCUT2D eigenvalue weighted by molar-refractivity contribution is -0.142. The van der Waals surface area contributed by atoms with Crippen molar-refractivity contribution in [2.45, 2.75) is 87.3 Å². The summed E-state index contributed by atoms with van der Waals surface area (Å²) in [4.78, 5) is 59.8. The molecule has 1 aromatic carbocycles. The maximum atomic E-state index is 14.6. The molecular formula is C35H43F2N5O9S. The van der Waals surface area contributed by atoms with Crippen molar-refractivity contribution in [3.05, 3.63) is 42.4 Å². The number of allylic oxidation sites excluding steroid dienone is 1. The maximum Gasteiger partial charge on any atom is 0.405 e. The average Bonchev–Trinajstić information content (AvgIpc) is 3.99. The van der Waals surface area contributed by atoms with Gasteiger partial charge in [-0.2, -0.15) is 0 Å². The average molecular weight is 748 g/mol. The number of rotatable bonds is 8. The van der Waals surface area contributed by atoms with E-state index in [-0.39, 0.29) is 55.2 Å². The van der Waals surface area contributed by atoms with Crippen LogP contribution in [0.4, 0.5) is 13.6 Å². The van der Waals surface area contributed by atoms with E-state index in [0.717, 1.165) is 0 Å². The third-order valence-corrected chi connectivity index (χ3v) is 12.9. The van der Waals surface area contributed by atoms with E-state index in [1.54, 1.807) is 19.1 Å². The minimum Gasteiger partial charge on any atom is -0.496 e. The summed E-state index contributed by atoms with van der Waals surface area (Å²) in [6.45, 7) is 2.37. The number of aromatic nitrogens is 1. The van der Waals surface area contributed by atoms with Gasteiger partial charge in [-0.25, -0.2) is 27.0 Å². The van der Waals surface area contributed by atoms with Crippen molar-refractivity contribution in [2.24, 2.45) is 17.8 Å². The third-order valence-electron chi connectivity index (χ3n) is 10.8. The molecule has 0 bridgehead atoms. The van der Waals surface area contributed by atoms with Gasteiger partial charge in [-0.15, -0.1) is 0 Å². The highest BCUT2D eigenvalue weighted by Crippen LogP contribution is 2.48. The monoisotopic (exact) mass is 747 g/mol. The number of ether oxygens (including phenoxy) is 2. The second-order valence-corrected chi connectivity index (χ2v) is 16.7. The van der Waals surface area contributed by atoms with Gasteiger partial charge in [-0.3, -0.25) is 19.1 Å². The number of hydrogen-bond donors (Lipinski definition) is 4. The Bertz CT molecular complexity index is 1910. The summed E-state index contributed by atoms with van der Waals surface area (Å²) in [6, 6.07) is 1.51. The van der Waals surface area contributed by atoms with Gasteiger partial charge in [0.2, 0.25) is 27.7 Å². The molecule has 2 aromatic rings. The zero-order chi connectivity index (χ0) is 37.6. The molecule has 0 radical (unpaired) electrons. The highest BCUT2D eigenvalue weighted by Gasteiger charge is 2.64. The number of fused-ring (bicyclic) bond motifs is 3. The Hall–Kier alpha value is -4.54. The highest BCUT2D eigenvalue weighted by molar-refractivity contribution is 7.91. The first-order valence-corrected chi connectivity index (χ1v) is 18.8. The molecule has 1 aromatic heterocycles. The van der Waals surface area contributed by atoms with Crippen molar-refractivity contribution in [1.29, 1.82) is 0 Å². The molecule has 7 atom stereocenters. The number of sulfonamides is 1. The Balaban J connectivity index is 1.35. The SMILES string of the molecule is COc1cc(F)cc2c(O[C@@H]3C[C@H]4C(=O)N[C@]5(C(=O)NS(=O)(=O)C6(CF)CC6)C[C@H]5/C=C\CC[C@@H](C)C[C@@H](C)[C@H](NC(=O)O)C(=O)N4C3)nccc12. The van der Waals surface area contributed by atoms with E-state index in [4.69, 9.17) is 9.47 Å². The van der Waals surface area contributed by atoms with Crippen LogP contribution in [0.1, 0.15) is 58.8 Å². The number of carbonyl (C=O) groups excluding carboxylic acids is 3. The number of halogens is 2. The summed E-state index contributed by atoms with van der Waals surface area (Å²) in [6.07, 6.45) is 4.49. The van der Waals surface area contributed by atoms with Crippen molar-refractivity contribution < 1.29 is 51.0 Å². The van der Waals surface area contributed by atoms with Gasteiger partial charge in [-0.05, 0) is 62.5 Å². The molecule has 4 N–H and O–H groups in total. The van der Waals surface area contributed by atoms with Gasteiger partial charge >= 0.3 is 6.09 Å². The van der Waals surface area contributed by atoms with Gasteiger partial charge < -0.3 is 30.1 Å². The van der Waals surface area contributed by atoms with Crippen LogP contribution >= 0.6 is 0 Å². The van der Waals surface area contributed by atoms with Gasteiger partial charge in [0.25, 0.3) is 5.91 Å². The number of hydrogen-bond acceptors (Lipinski definition) is 9. The van der Waals surface area contributed by atoms with Gasteiger partial charge in [-0.1, -0.05) is 26.0 Å². The minimum atomic E-state index is -4.41. The van der Waals surface area contributed by atoms with Gasteiger partial charge in [0.05, 0.1) is 19.0 Å². The number of methoxy groups -OCH3 is 1. The van der Waals surface area contributed by atoms with E-state index in [2.05, 4.69) is 15.6 Å². The molecule has 282 valence electrons. The molecule has 0 unspecified atom stereocenters. The predicted molar refractivity (Wildman–Crippen MR) is 183 cm³/mol. The van der Waals surface area contributed by atoms with Gasteiger partial charge in [0.15, 0.2) is 0 Å². The first-order chi connectivity index (χ1) is 24.6. The number of nitrogens with zero attached hydrogens (tertiary/aromatic N) is 2. The fourth-order valence-corrected chi connectivity index (χ4v) is 8.92. The number of carbonyl (C=O) groups is 4. The van der Waals surface area contributed by atoms with Crippen LogP contribution in [0, 0.1) is 23.6 Å². The molecule has 0 spiro atoms. The van der Waals surface area contributed by atoms with E-state index >= 15 is 0 Å². The summed E-state index contributed by atoms with van der Waals surface area (Å²) < 4.78 is 66.3. The summed E-state index contributed by atoms with van der Waals surface area (Å²) in [7, 11) is -3.02. The van der Waals surface area contributed by atoms with Crippen molar-refractivity contribution in [3.63, 3.8) is 0 Å². The molecule has 3 heterocycles. The zero-order valence-electron chi connectivity index (χ0n) is 29.1. The number of pyridine rings is 1. The topological polar surface area (TPSA) is 193 Å². The lowest BCUT2D eigenvalue weighted by Gasteiger charge is -2.32. The molecule has 52 heavy (non-hydrogen) atoms. The highest BCUT2D eigenvalue weighted by atomic mass is 32.2. The quantitative estimate of drug-likeness (QED) is 0.292. The Kier molecular flexibility index (Phi) is 10.1. The number of nitrogens with one attached hydrogen (secondary N) is 3. The molecule has 2 aliphatic heterocycles. The fourth-order valence-electron chi connectivity index (χ4n) is 7.50. The summed E-state index contributed by atoms with van der Waals surface area (Å²) in [5.74, 6) is -3.87. The molecule has 1 saturated heterocycles. The molecule has 6 rings (SSSR count). The normalized spacial score (nSPS) is 30.8. The third kappa shape index (κ3) is 7.11. The number of amides is 4. The fraction of sp³-hybridized carbons (Fsp3) is 0.571. The maximum absolute atomic E-state index is 14.6. The Labute approximate surface area is 299 Å². The molecular weight excluding hydrogens is 704 g/mol. The Morgan fingerprint density at radius 1 is 1.17 bits per heavy atom. The van der Waals surface area contributed by atoms with Crippen LogP contribution in [0.15, 0.2) is 36.5 Å². The molecule has 4 aliphatic rings.